The van der Waals surface area contributed by atoms with E-state index in [2.05, 4.69) is 12.2 Å². The van der Waals surface area contributed by atoms with Crippen LogP contribution in [0.15, 0.2) is 78.9 Å². The summed E-state index contributed by atoms with van der Waals surface area (Å²) in [6.45, 7) is 5.14. The van der Waals surface area contributed by atoms with Gasteiger partial charge in [-0.25, -0.2) is 0 Å². The van der Waals surface area contributed by atoms with Gasteiger partial charge in [-0.3, -0.25) is 9.59 Å². The molecule has 3 aromatic carbocycles. The van der Waals surface area contributed by atoms with E-state index in [-0.39, 0.29) is 11.8 Å². The minimum absolute atomic E-state index is 0.0364. The first-order chi connectivity index (χ1) is 18.0. The number of thioether (sulfide) groups is 1. The summed E-state index contributed by atoms with van der Waals surface area (Å²) in [4.78, 5) is 28.9. The molecule has 2 amide bonds. The van der Waals surface area contributed by atoms with Crippen molar-refractivity contribution in [3.63, 3.8) is 0 Å². The second-order valence-corrected chi connectivity index (χ2v) is 10.2. The van der Waals surface area contributed by atoms with Crippen molar-refractivity contribution in [2.24, 2.45) is 0 Å². The summed E-state index contributed by atoms with van der Waals surface area (Å²) in [7, 11) is 1.65. The molecule has 5 nitrogen and oxygen atoms in total. The molecule has 0 fully saturated rings. The Hall–Kier alpha value is -3.25. The van der Waals surface area contributed by atoms with E-state index in [1.807, 2.05) is 85.8 Å². The van der Waals surface area contributed by atoms with E-state index in [9.17, 15) is 9.59 Å². The zero-order chi connectivity index (χ0) is 26.5. The molecule has 0 saturated heterocycles. The monoisotopic (exact) mass is 518 g/mol. The Morgan fingerprint density at radius 1 is 0.919 bits per heavy atom. The van der Waals surface area contributed by atoms with Gasteiger partial charge in [-0.1, -0.05) is 85.6 Å². The van der Waals surface area contributed by atoms with Gasteiger partial charge in [0.2, 0.25) is 11.8 Å². The second-order valence-electron chi connectivity index (χ2n) is 9.20. The lowest BCUT2D eigenvalue weighted by molar-refractivity contribution is -0.139. The third-order valence-corrected chi connectivity index (χ3v) is 7.22. The quantitative estimate of drug-likeness (QED) is 0.274. The molecular weight excluding hydrogens is 480 g/mol. The maximum absolute atomic E-state index is 13.7. The molecular formula is C31H38N2O3S. The minimum atomic E-state index is -0.588. The van der Waals surface area contributed by atoms with E-state index in [0.717, 1.165) is 40.8 Å². The van der Waals surface area contributed by atoms with Crippen LogP contribution in [-0.4, -0.2) is 42.2 Å². The fraction of sp³-hybridized carbons (Fsp3) is 0.355. The molecule has 0 aliphatic rings. The van der Waals surface area contributed by atoms with Crippen molar-refractivity contribution in [1.82, 2.24) is 10.2 Å². The van der Waals surface area contributed by atoms with E-state index in [1.165, 1.54) is 0 Å². The number of amides is 2. The van der Waals surface area contributed by atoms with E-state index >= 15 is 0 Å². The topological polar surface area (TPSA) is 58.6 Å². The summed E-state index contributed by atoms with van der Waals surface area (Å²) in [6.07, 6.45) is 2.38. The summed E-state index contributed by atoms with van der Waals surface area (Å²) < 4.78 is 5.23. The molecule has 3 rings (SSSR count). The highest BCUT2D eigenvalue weighted by Gasteiger charge is 2.30. The summed E-state index contributed by atoms with van der Waals surface area (Å²) in [5, 5.41) is 3.08. The number of carbonyl (C=O) groups excluding carboxylic acids is 2. The van der Waals surface area contributed by atoms with E-state index in [0.29, 0.717) is 31.0 Å². The van der Waals surface area contributed by atoms with Crippen LogP contribution in [0.2, 0.25) is 0 Å². The number of unbranched alkanes of at least 4 members (excludes halogenated alkanes) is 1. The van der Waals surface area contributed by atoms with Gasteiger partial charge in [0, 0.05) is 25.3 Å². The summed E-state index contributed by atoms with van der Waals surface area (Å²) >= 11 is 1.56. The molecule has 1 atom stereocenters. The van der Waals surface area contributed by atoms with Crippen molar-refractivity contribution in [1.29, 1.82) is 0 Å². The predicted octanol–water partition coefficient (Wildman–Crippen LogP) is 5.79. The van der Waals surface area contributed by atoms with Crippen LogP contribution in [-0.2, 0) is 28.3 Å². The molecule has 0 spiro atoms. The summed E-state index contributed by atoms with van der Waals surface area (Å²) in [5.74, 6) is 1.68. The van der Waals surface area contributed by atoms with Crippen LogP contribution in [0.4, 0.5) is 0 Å². The van der Waals surface area contributed by atoms with Crippen molar-refractivity contribution in [2.75, 3.05) is 19.4 Å². The molecule has 3 aromatic rings. The van der Waals surface area contributed by atoms with Crippen LogP contribution >= 0.6 is 11.8 Å². The van der Waals surface area contributed by atoms with Crippen LogP contribution in [0.3, 0.4) is 0 Å². The van der Waals surface area contributed by atoms with Crippen LogP contribution in [0.25, 0.3) is 0 Å². The zero-order valence-electron chi connectivity index (χ0n) is 22.1. The molecule has 0 heterocycles. The highest BCUT2D eigenvalue weighted by Crippen LogP contribution is 2.20. The van der Waals surface area contributed by atoms with Gasteiger partial charge in [-0.2, -0.15) is 0 Å². The van der Waals surface area contributed by atoms with Gasteiger partial charge < -0.3 is 15.0 Å². The highest BCUT2D eigenvalue weighted by molar-refractivity contribution is 7.99. The molecule has 37 heavy (non-hydrogen) atoms. The van der Waals surface area contributed by atoms with E-state index in [4.69, 9.17) is 4.74 Å². The second kappa shape index (κ2) is 15.1. The first-order valence-electron chi connectivity index (χ1n) is 12.9. The van der Waals surface area contributed by atoms with E-state index in [1.54, 1.807) is 23.8 Å². The van der Waals surface area contributed by atoms with Gasteiger partial charge in [0.05, 0.1) is 12.9 Å². The molecule has 1 N–H and O–H groups in total. The van der Waals surface area contributed by atoms with Gasteiger partial charge >= 0.3 is 0 Å². The van der Waals surface area contributed by atoms with Gasteiger partial charge in [0.1, 0.15) is 11.8 Å². The molecule has 0 aliphatic heterocycles. The maximum atomic E-state index is 13.7. The van der Waals surface area contributed by atoms with Crippen LogP contribution in [0, 0.1) is 6.92 Å². The molecule has 0 bridgehead atoms. The molecule has 196 valence electrons. The number of ether oxygens (including phenoxy) is 1. The fourth-order valence-electron chi connectivity index (χ4n) is 4.01. The van der Waals surface area contributed by atoms with Crippen LogP contribution in [0.5, 0.6) is 5.75 Å². The van der Waals surface area contributed by atoms with Gasteiger partial charge in [0.15, 0.2) is 0 Å². The minimum Gasteiger partial charge on any atom is -0.497 e. The number of hydrogen-bond acceptors (Lipinski definition) is 4. The summed E-state index contributed by atoms with van der Waals surface area (Å²) in [5.41, 5.74) is 4.33. The largest absolute Gasteiger partial charge is 0.497 e. The number of benzene rings is 3. The van der Waals surface area contributed by atoms with Gasteiger partial charge in [0.25, 0.3) is 0 Å². The molecule has 0 radical (unpaired) electrons. The lowest BCUT2D eigenvalue weighted by Gasteiger charge is -2.31. The van der Waals surface area contributed by atoms with Crippen molar-refractivity contribution in [2.45, 2.75) is 51.4 Å². The number of methoxy groups -OCH3 is 1. The first-order valence-corrected chi connectivity index (χ1v) is 14.0. The number of aryl methyl sites for hydroxylation is 1. The van der Waals surface area contributed by atoms with E-state index < -0.39 is 6.04 Å². The Bertz CT molecular complexity index is 1100. The number of nitrogens with zero attached hydrogens (tertiary/aromatic N) is 1. The Labute approximate surface area is 225 Å². The Balaban J connectivity index is 1.80. The number of carbonyl (C=O) groups is 2. The molecule has 6 heteroatoms. The van der Waals surface area contributed by atoms with Gasteiger partial charge in [-0.05, 0) is 42.2 Å². The van der Waals surface area contributed by atoms with Crippen LogP contribution in [0.1, 0.15) is 42.0 Å². The molecule has 0 aromatic heterocycles. The van der Waals surface area contributed by atoms with Crippen molar-refractivity contribution in [3.05, 3.63) is 101 Å². The smallest absolute Gasteiger partial charge is 0.243 e. The molecule has 1 unspecified atom stereocenters. The molecule has 0 saturated carbocycles. The van der Waals surface area contributed by atoms with Crippen molar-refractivity contribution >= 4 is 23.6 Å². The first kappa shape index (κ1) is 28.3. The van der Waals surface area contributed by atoms with Crippen molar-refractivity contribution in [3.8, 4) is 5.75 Å². The highest BCUT2D eigenvalue weighted by atomic mass is 32.2. The lowest BCUT2D eigenvalue weighted by atomic mass is 10.0. The fourth-order valence-corrected chi connectivity index (χ4v) is 4.88. The number of hydrogen-bond donors (Lipinski definition) is 1. The SMILES string of the molecule is CCCCNC(=O)C(Cc1ccccc1)N(Cc1ccc(C)cc1)C(=O)CSCc1ccc(OC)cc1. The summed E-state index contributed by atoms with van der Waals surface area (Å²) in [6, 6.07) is 25.4. The average molecular weight is 519 g/mol. The zero-order valence-corrected chi connectivity index (χ0v) is 22.9. The predicted molar refractivity (Wildman–Crippen MR) is 153 cm³/mol. The Morgan fingerprint density at radius 2 is 1.59 bits per heavy atom. The Kier molecular flexibility index (Phi) is 11.6. The number of rotatable bonds is 14. The normalized spacial score (nSPS) is 11.5. The Morgan fingerprint density at radius 3 is 2.24 bits per heavy atom. The molecule has 0 aliphatic carbocycles. The van der Waals surface area contributed by atoms with Gasteiger partial charge in [-0.15, -0.1) is 11.8 Å². The van der Waals surface area contributed by atoms with Crippen LogP contribution < -0.4 is 10.1 Å². The lowest BCUT2D eigenvalue weighted by Crippen LogP contribution is -2.51. The third-order valence-electron chi connectivity index (χ3n) is 6.23. The average Bonchev–Trinajstić information content (AvgIpc) is 2.92. The third kappa shape index (κ3) is 9.29. The van der Waals surface area contributed by atoms with Crippen molar-refractivity contribution < 1.29 is 14.3 Å². The maximum Gasteiger partial charge on any atom is 0.243 e. The standard InChI is InChI=1S/C31H38N2O3S/c1-4-5-19-32-31(35)29(20-25-9-7-6-8-10-25)33(21-26-13-11-24(2)12-14-26)30(34)23-37-22-27-15-17-28(36-3)18-16-27/h6-18,29H,4-5,19-23H2,1-3H3,(H,32,35). The number of nitrogens with one attached hydrogen (secondary N) is 1.